The highest BCUT2D eigenvalue weighted by atomic mass is 17.1. The minimum Gasteiger partial charge on any atom is -0.465 e. The number of carbonyl (C=O) groups excluding carboxylic acids is 1. The van der Waals surface area contributed by atoms with Crippen molar-refractivity contribution in [1.29, 1.82) is 0 Å². The monoisotopic (exact) mass is 322 g/mol. The highest BCUT2D eigenvalue weighted by Gasteiger charge is 2.16. The van der Waals surface area contributed by atoms with E-state index in [4.69, 9.17) is 4.89 Å². The molecule has 0 bridgehead atoms. The lowest BCUT2D eigenvalue weighted by atomic mass is 9.97. The van der Waals surface area contributed by atoms with Crippen molar-refractivity contribution in [3.8, 4) is 0 Å². The molecule has 0 fully saturated rings. The van der Waals surface area contributed by atoms with E-state index in [1.54, 1.807) is 24.3 Å². The van der Waals surface area contributed by atoms with Crippen LogP contribution in [0.5, 0.6) is 0 Å². The summed E-state index contributed by atoms with van der Waals surface area (Å²) in [5.74, 6) is -0.399. The average Bonchev–Trinajstić information content (AvgIpc) is 2.62. The van der Waals surface area contributed by atoms with Crippen LogP contribution in [-0.2, 0) is 9.62 Å². The van der Waals surface area contributed by atoms with Crippen LogP contribution in [0.2, 0.25) is 0 Å². The lowest BCUT2D eigenvalue weighted by Crippen LogP contribution is -2.06. The first kappa shape index (κ1) is 16.2. The number of methoxy groups -OCH3 is 1. The van der Waals surface area contributed by atoms with Gasteiger partial charge in [0.2, 0.25) is 0 Å². The molecule has 4 nitrogen and oxygen atoms in total. The number of benzene rings is 3. The quantitative estimate of drug-likeness (QED) is 0.436. The molecule has 1 unspecified atom stereocenters. The SMILES string of the molecule is COC(=O)c1ccc(C(OO)c2ccc3cc(C)ccc3c2)cc1. The van der Waals surface area contributed by atoms with E-state index in [0.29, 0.717) is 5.56 Å². The van der Waals surface area contributed by atoms with Crippen molar-refractivity contribution in [2.24, 2.45) is 0 Å². The van der Waals surface area contributed by atoms with Gasteiger partial charge in [0.15, 0.2) is 0 Å². The van der Waals surface area contributed by atoms with Gasteiger partial charge in [-0.25, -0.2) is 9.68 Å². The molecule has 0 aliphatic carbocycles. The van der Waals surface area contributed by atoms with Gasteiger partial charge in [-0.1, -0.05) is 48.0 Å². The smallest absolute Gasteiger partial charge is 0.337 e. The molecule has 0 heterocycles. The Morgan fingerprint density at radius 2 is 1.54 bits per heavy atom. The molecule has 0 saturated carbocycles. The summed E-state index contributed by atoms with van der Waals surface area (Å²) in [5.41, 5.74) is 3.23. The van der Waals surface area contributed by atoms with Gasteiger partial charge < -0.3 is 4.74 Å². The molecule has 3 aromatic rings. The van der Waals surface area contributed by atoms with Crippen molar-refractivity contribution >= 4 is 16.7 Å². The van der Waals surface area contributed by atoms with E-state index in [1.807, 2.05) is 30.3 Å². The first-order valence-corrected chi connectivity index (χ1v) is 7.61. The number of ether oxygens (including phenoxy) is 1. The summed E-state index contributed by atoms with van der Waals surface area (Å²) in [7, 11) is 1.34. The average molecular weight is 322 g/mol. The predicted molar refractivity (Wildman–Crippen MR) is 92.0 cm³/mol. The molecule has 3 aromatic carbocycles. The fourth-order valence-corrected chi connectivity index (χ4v) is 2.77. The van der Waals surface area contributed by atoms with Crippen LogP contribution < -0.4 is 0 Å². The van der Waals surface area contributed by atoms with Crippen LogP contribution >= 0.6 is 0 Å². The number of rotatable bonds is 4. The molecule has 0 aromatic heterocycles. The van der Waals surface area contributed by atoms with Crippen LogP contribution in [0.15, 0.2) is 60.7 Å². The lowest BCUT2D eigenvalue weighted by molar-refractivity contribution is -0.270. The van der Waals surface area contributed by atoms with Crippen LogP contribution in [0.3, 0.4) is 0 Å². The standard InChI is InChI=1S/C20H18O4/c1-13-3-4-17-12-18(10-9-16(17)11-13)19(24-22)14-5-7-15(8-6-14)20(21)23-2/h3-12,19,22H,1-2H3. The molecule has 0 aliphatic rings. The second-order valence-corrected chi connectivity index (χ2v) is 5.71. The molecule has 3 rings (SSSR count). The van der Waals surface area contributed by atoms with Crippen LogP contribution in [0.4, 0.5) is 0 Å². The van der Waals surface area contributed by atoms with Gasteiger partial charge in [0.25, 0.3) is 0 Å². The minimum absolute atomic E-state index is 0.399. The Hall–Kier alpha value is -2.69. The van der Waals surface area contributed by atoms with Gasteiger partial charge in [-0.05, 0) is 47.0 Å². The summed E-state index contributed by atoms with van der Waals surface area (Å²) in [6.45, 7) is 2.05. The zero-order valence-electron chi connectivity index (χ0n) is 13.5. The van der Waals surface area contributed by atoms with Crippen LogP contribution in [0.25, 0.3) is 10.8 Å². The molecule has 0 radical (unpaired) electrons. The van der Waals surface area contributed by atoms with E-state index in [9.17, 15) is 10.1 Å². The molecule has 24 heavy (non-hydrogen) atoms. The third-order valence-corrected chi connectivity index (χ3v) is 4.06. The Labute approximate surface area is 140 Å². The number of hydrogen-bond donors (Lipinski definition) is 1. The van der Waals surface area contributed by atoms with Crippen LogP contribution in [0.1, 0.15) is 33.2 Å². The maximum atomic E-state index is 11.5. The number of carbonyl (C=O) groups is 1. The molecule has 0 amide bonds. The first-order chi connectivity index (χ1) is 11.6. The maximum absolute atomic E-state index is 11.5. The van der Waals surface area contributed by atoms with Gasteiger partial charge >= 0.3 is 5.97 Å². The second kappa shape index (κ2) is 6.83. The lowest BCUT2D eigenvalue weighted by Gasteiger charge is -2.15. The van der Waals surface area contributed by atoms with E-state index < -0.39 is 12.1 Å². The predicted octanol–water partition coefficient (Wildman–Crippen LogP) is 4.51. The third-order valence-electron chi connectivity index (χ3n) is 4.06. The van der Waals surface area contributed by atoms with Gasteiger partial charge in [-0.15, -0.1) is 0 Å². The Morgan fingerprint density at radius 1 is 0.917 bits per heavy atom. The van der Waals surface area contributed by atoms with Crippen molar-refractivity contribution in [2.75, 3.05) is 7.11 Å². The molecule has 0 aliphatic heterocycles. The van der Waals surface area contributed by atoms with E-state index in [-0.39, 0.29) is 0 Å². The van der Waals surface area contributed by atoms with Crippen molar-refractivity contribution in [3.05, 3.63) is 82.9 Å². The van der Waals surface area contributed by atoms with Gasteiger partial charge in [0.05, 0.1) is 12.7 Å². The number of fused-ring (bicyclic) bond motifs is 1. The highest BCUT2D eigenvalue weighted by molar-refractivity contribution is 5.89. The topological polar surface area (TPSA) is 55.8 Å². The van der Waals surface area contributed by atoms with Crippen LogP contribution in [0, 0.1) is 6.92 Å². The molecule has 4 heteroatoms. The summed E-state index contributed by atoms with van der Waals surface area (Å²) in [6.07, 6.45) is -0.623. The third kappa shape index (κ3) is 3.15. The largest absolute Gasteiger partial charge is 0.465 e. The minimum atomic E-state index is -0.623. The zero-order valence-corrected chi connectivity index (χ0v) is 13.5. The summed E-state index contributed by atoms with van der Waals surface area (Å²) >= 11 is 0. The Bertz CT molecular complexity index is 868. The fraction of sp³-hybridized carbons (Fsp3) is 0.150. The van der Waals surface area contributed by atoms with Gasteiger partial charge in [-0.2, -0.15) is 0 Å². The maximum Gasteiger partial charge on any atom is 0.337 e. The molecule has 1 N–H and O–H groups in total. The van der Waals surface area contributed by atoms with E-state index >= 15 is 0 Å². The summed E-state index contributed by atoms with van der Waals surface area (Å²) in [6, 6.07) is 18.9. The summed E-state index contributed by atoms with van der Waals surface area (Å²) < 4.78 is 4.69. The van der Waals surface area contributed by atoms with Gasteiger partial charge in [0, 0.05) is 0 Å². The Kier molecular flexibility index (Phi) is 4.60. The zero-order chi connectivity index (χ0) is 17.1. The van der Waals surface area contributed by atoms with E-state index in [1.165, 1.54) is 12.7 Å². The fourth-order valence-electron chi connectivity index (χ4n) is 2.77. The van der Waals surface area contributed by atoms with Crippen molar-refractivity contribution in [1.82, 2.24) is 0 Å². The second-order valence-electron chi connectivity index (χ2n) is 5.71. The van der Waals surface area contributed by atoms with E-state index in [0.717, 1.165) is 21.9 Å². The number of aryl methyl sites for hydroxylation is 1. The number of hydrogen-bond acceptors (Lipinski definition) is 4. The normalized spacial score (nSPS) is 12.1. The highest BCUT2D eigenvalue weighted by Crippen LogP contribution is 2.28. The summed E-state index contributed by atoms with van der Waals surface area (Å²) in [4.78, 5) is 16.2. The van der Waals surface area contributed by atoms with Gasteiger partial charge in [-0.3, -0.25) is 5.26 Å². The van der Waals surface area contributed by atoms with Crippen molar-refractivity contribution < 1.29 is 19.7 Å². The Balaban J connectivity index is 1.96. The summed E-state index contributed by atoms with van der Waals surface area (Å²) in [5, 5.41) is 11.6. The van der Waals surface area contributed by atoms with Crippen LogP contribution in [-0.4, -0.2) is 18.3 Å². The number of esters is 1. The molecule has 122 valence electrons. The Morgan fingerprint density at radius 3 is 2.21 bits per heavy atom. The molecule has 1 atom stereocenters. The molecular weight excluding hydrogens is 304 g/mol. The molecular formula is C20H18O4. The van der Waals surface area contributed by atoms with Gasteiger partial charge in [0.1, 0.15) is 6.10 Å². The van der Waals surface area contributed by atoms with E-state index in [2.05, 4.69) is 17.7 Å². The van der Waals surface area contributed by atoms with Crippen molar-refractivity contribution in [2.45, 2.75) is 13.0 Å². The van der Waals surface area contributed by atoms with Crippen molar-refractivity contribution in [3.63, 3.8) is 0 Å². The molecule has 0 spiro atoms. The first-order valence-electron chi connectivity index (χ1n) is 7.61. The molecule has 0 saturated heterocycles.